The summed E-state index contributed by atoms with van der Waals surface area (Å²) in [6.45, 7) is 8.24. The summed E-state index contributed by atoms with van der Waals surface area (Å²) in [7, 11) is 0. The van der Waals surface area contributed by atoms with Gasteiger partial charge >= 0.3 is 0 Å². The zero-order valence-electron chi connectivity index (χ0n) is 9.59. The first kappa shape index (κ1) is 13.2. The summed E-state index contributed by atoms with van der Waals surface area (Å²) in [5.41, 5.74) is 0. The van der Waals surface area contributed by atoms with Crippen LogP contribution in [0.15, 0.2) is 12.8 Å². The molecule has 0 bridgehead atoms. The molecule has 14 heavy (non-hydrogen) atoms. The lowest BCUT2D eigenvalue weighted by molar-refractivity contribution is -0.126. The fraction of sp³-hybridized carbons (Fsp3) is 0.750. The maximum Gasteiger partial charge on any atom is 0.223 e. The number of hydrogen-bond donors (Lipinski definition) is 0. The van der Waals surface area contributed by atoms with Crippen molar-refractivity contribution in [1.29, 1.82) is 0 Å². The molecule has 0 aromatic rings. The molecule has 0 rings (SSSR count). The molecule has 2 heteroatoms. The van der Waals surface area contributed by atoms with E-state index in [9.17, 15) is 4.79 Å². The molecule has 0 aliphatic rings. The van der Waals surface area contributed by atoms with Crippen molar-refractivity contribution in [2.75, 3.05) is 6.54 Å². The summed E-state index contributed by atoms with van der Waals surface area (Å²) in [5.74, 6) is 0.0913. The molecule has 0 heterocycles. The topological polar surface area (TPSA) is 20.3 Å². The van der Waals surface area contributed by atoms with Crippen LogP contribution in [0.5, 0.6) is 0 Å². The van der Waals surface area contributed by atoms with Gasteiger partial charge in [0.15, 0.2) is 0 Å². The smallest absolute Gasteiger partial charge is 0.223 e. The number of unbranched alkanes of at least 4 members (excludes halogenated alkanes) is 5. The van der Waals surface area contributed by atoms with Gasteiger partial charge in [0.05, 0.1) is 0 Å². The number of nitrogens with zero attached hydrogens (tertiary/aromatic N) is 1. The van der Waals surface area contributed by atoms with Crippen molar-refractivity contribution in [3.05, 3.63) is 12.8 Å². The zero-order chi connectivity index (χ0) is 10.8. The predicted octanol–water partition coefficient (Wildman–Crippen LogP) is 3.34. The van der Waals surface area contributed by atoms with Gasteiger partial charge in [0.25, 0.3) is 0 Å². The van der Waals surface area contributed by atoms with Crippen molar-refractivity contribution < 1.29 is 4.79 Å². The van der Waals surface area contributed by atoms with Gasteiger partial charge in [-0.3, -0.25) is 4.79 Å². The van der Waals surface area contributed by atoms with E-state index in [0.717, 1.165) is 13.0 Å². The molecule has 0 aliphatic heterocycles. The van der Waals surface area contributed by atoms with Crippen molar-refractivity contribution in [2.24, 2.45) is 0 Å². The molecular weight excluding hydrogens is 174 g/mol. The highest BCUT2D eigenvalue weighted by Gasteiger charge is 2.02. The van der Waals surface area contributed by atoms with Gasteiger partial charge in [0.1, 0.15) is 0 Å². The van der Waals surface area contributed by atoms with Crippen molar-refractivity contribution in [2.45, 2.75) is 52.4 Å². The van der Waals surface area contributed by atoms with Crippen molar-refractivity contribution in [3.63, 3.8) is 0 Å². The highest BCUT2D eigenvalue weighted by molar-refractivity contribution is 5.74. The third kappa shape index (κ3) is 6.70. The number of carbonyl (C=O) groups is 1. The van der Waals surface area contributed by atoms with Crippen LogP contribution >= 0.6 is 0 Å². The van der Waals surface area contributed by atoms with E-state index < -0.39 is 0 Å². The number of amides is 1. The Hall–Kier alpha value is -0.790. The van der Waals surface area contributed by atoms with E-state index in [-0.39, 0.29) is 5.91 Å². The van der Waals surface area contributed by atoms with Gasteiger partial charge in [0, 0.05) is 13.5 Å². The van der Waals surface area contributed by atoms with E-state index >= 15 is 0 Å². The van der Waals surface area contributed by atoms with E-state index in [1.165, 1.54) is 32.1 Å². The van der Waals surface area contributed by atoms with Gasteiger partial charge in [-0.15, -0.1) is 0 Å². The summed E-state index contributed by atoms with van der Waals surface area (Å²) >= 11 is 0. The molecule has 0 atom stereocenters. The van der Waals surface area contributed by atoms with E-state index in [1.54, 1.807) is 18.0 Å². The molecule has 0 saturated heterocycles. The molecule has 0 unspecified atom stereocenters. The van der Waals surface area contributed by atoms with Crippen LogP contribution in [0.25, 0.3) is 0 Å². The van der Waals surface area contributed by atoms with Gasteiger partial charge < -0.3 is 4.90 Å². The van der Waals surface area contributed by atoms with Gasteiger partial charge in [0.2, 0.25) is 5.91 Å². The molecule has 0 radical (unpaired) electrons. The molecule has 0 saturated carbocycles. The number of hydrogen-bond acceptors (Lipinski definition) is 1. The molecule has 0 aromatic heterocycles. The van der Waals surface area contributed by atoms with Crippen LogP contribution in [0.3, 0.4) is 0 Å². The fourth-order valence-electron chi connectivity index (χ4n) is 1.44. The lowest BCUT2D eigenvalue weighted by Gasteiger charge is -2.14. The van der Waals surface area contributed by atoms with Crippen LogP contribution in [-0.4, -0.2) is 17.4 Å². The summed E-state index contributed by atoms with van der Waals surface area (Å²) < 4.78 is 0. The van der Waals surface area contributed by atoms with Crippen LogP contribution < -0.4 is 0 Å². The van der Waals surface area contributed by atoms with Gasteiger partial charge in [-0.05, 0) is 12.6 Å². The van der Waals surface area contributed by atoms with Crippen LogP contribution in [0, 0.1) is 0 Å². The molecular formula is C12H23NO. The summed E-state index contributed by atoms with van der Waals surface area (Å²) in [5, 5.41) is 0. The summed E-state index contributed by atoms with van der Waals surface area (Å²) in [6, 6.07) is 0. The second-order valence-electron chi connectivity index (χ2n) is 3.66. The quantitative estimate of drug-likeness (QED) is 0.546. The maximum absolute atomic E-state index is 11.0. The molecule has 1 amide bonds. The lowest BCUT2D eigenvalue weighted by atomic mass is 10.1. The molecule has 0 aliphatic carbocycles. The van der Waals surface area contributed by atoms with Gasteiger partial charge in [-0.2, -0.15) is 0 Å². The Morgan fingerprint density at radius 1 is 1.21 bits per heavy atom. The van der Waals surface area contributed by atoms with Crippen LogP contribution in [-0.2, 0) is 4.79 Å². The van der Waals surface area contributed by atoms with Crippen molar-refractivity contribution >= 4 is 5.91 Å². The zero-order valence-corrected chi connectivity index (χ0v) is 9.59. The Labute approximate surface area is 88.0 Å². The minimum absolute atomic E-state index is 0.0913. The predicted molar refractivity (Wildman–Crippen MR) is 61.0 cm³/mol. The minimum Gasteiger partial charge on any atom is -0.320 e. The Bertz CT molecular complexity index is 166. The average Bonchev–Trinajstić information content (AvgIpc) is 2.16. The minimum atomic E-state index is 0.0913. The molecule has 0 N–H and O–H groups in total. The highest BCUT2D eigenvalue weighted by Crippen LogP contribution is 2.06. The van der Waals surface area contributed by atoms with Gasteiger partial charge in [-0.1, -0.05) is 45.6 Å². The SMILES string of the molecule is C=CN(CCCCCCCC)C(C)=O. The molecule has 0 spiro atoms. The second kappa shape index (κ2) is 8.79. The van der Waals surface area contributed by atoms with Gasteiger partial charge in [-0.25, -0.2) is 0 Å². The van der Waals surface area contributed by atoms with Crippen LogP contribution in [0.1, 0.15) is 52.4 Å². The van der Waals surface area contributed by atoms with E-state index in [2.05, 4.69) is 13.5 Å². The van der Waals surface area contributed by atoms with E-state index in [4.69, 9.17) is 0 Å². The van der Waals surface area contributed by atoms with Crippen molar-refractivity contribution in [1.82, 2.24) is 4.90 Å². The van der Waals surface area contributed by atoms with E-state index in [0.29, 0.717) is 0 Å². The Morgan fingerprint density at radius 3 is 2.29 bits per heavy atom. The largest absolute Gasteiger partial charge is 0.320 e. The standard InChI is InChI=1S/C12H23NO/c1-4-6-7-8-9-10-11-13(5-2)12(3)14/h5H,2,4,6-11H2,1,3H3. The number of carbonyl (C=O) groups excluding carboxylic acids is 1. The Kier molecular flexibility index (Phi) is 8.30. The maximum atomic E-state index is 11.0. The van der Waals surface area contributed by atoms with E-state index in [1.807, 2.05) is 0 Å². The van der Waals surface area contributed by atoms with Crippen LogP contribution in [0.2, 0.25) is 0 Å². The normalized spacial score (nSPS) is 9.86. The third-order valence-corrected chi connectivity index (χ3v) is 2.38. The first-order chi connectivity index (χ1) is 6.72. The molecule has 82 valence electrons. The fourth-order valence-corrected chi connectivity index (χ4v) is 1.44. The first-order valence-corrected chi connectivity index (χ1v) is 5.62. The van der Waals surface area contributed by atoms with Crippen LogP contribution in [0.4, 0.5) is 0 Å². The molecule has 0 aromatic carbocycles. The summed E-state index contributed by atoms with van der Waals surface area (Å²) in [6.07, 6.45) is 9.16. The average molecular weight is 197 g/mol. The second-order valence-corrected chi connectivity index (χ2v) is 3.66. The lowest BCUT2D eigenvalue weighted by Crippen LogP contribution is -2.23. The first-order valence-electron chi connectivity index (χ1n) is 5.62. The third-order valence-electron chi connectivity index (χ3n) is 2.38. The number of rotatable bonds is 8. The summed E-state index contributed by atoms with van der Waals surface area (Å²) in [4.78, 5) is 12.7. The monoisotopic (exact) mass is 197 g/mol. The Balaban J connectivity index is 3.33. The Morgan fingerprint density at radius 2 is 1.79 bits per heavy atom. The van der Waals surface area contributed by atoms with Crippen molar-refractivity contribution in [3.8, 4) is 0 Å². The highest BCUT2D eigenvalue weighted by atomic mass is 16.2. The molecule has 0 fully saturated rings. The molecule has 2 nitrogen and oxygen atoms in total.